The number of rotatable bonds is 3. The minimum Gasteiger partial charge on any atom is -0.368 e. The Morgan fingerprint density at radius 2 is 1.76 bits per heavy atom. The average Bonchev–Trinajstić information content (AvgIpc) is 2.98. The van der Waals surface area contributed by atoms with Gasteiger partial charge in [0, 0.05) is 43.3 Å². The van der Waals surface area contributed by atoms with Gasteiger partial charge >= 0.3 is 0 Å². The summed E-state index contributed by atoms with van der Waals surface area (Å²) in [5, 5.41) is 3.08. The molecule has 1 unspecified atom stereocenters. The van der Waals surface area contributed by atoms with Gasteiger partial charge in [0.15, 0.2) is 5.13 Å². The van der Waals surface area contributed by atoms with Crippen LogP contribution < -0.4 is 15.5 Å². The summed E-state index contributed by atoms with van der Waals surface area (Å²) in [4.78, 5) is 9.16. The molecule has 4 nitrogen and oxygen atoms in total. The Morgan fingerprint density at radius 3 is 2.33 bits per heavy atom. The fourth-order valence-electron chi connectivity index (χ4n) is 2.44. The Labute approximate surface area is 128 Å². The van der Waals surface area contributed by atoms with E-state index in [2.05, 4.69) is 14.8 Å². The first-order valence-corrected chi connectivity index (χ1v) is 7.98. The molecule has 1 aliphatic heterocycles. The molecule has 2 heterocycles. The molecule has 0 saturated carbocycles. The standard InChI is InChI=1S/C15H19FN4S/c1-11(17)14-10-21-15(18-14)20-8-6-19(7-9-20)13-4-2-12(16)3-5-13/h2-5,10-11H,6-9,17H2,1H3. The van der Waals surface area contributed by atoms with Crippen LogP contribution in [0.15, 0.2) is 29.6 Å². The van der Waals surface area contributed by atoms with Crippen LogP contribution in [0, 0.1) is 5.82 Å². The maximum Gasteiger partial charge on any atom is 0.185 e. The van der Waals surface area contributed by atoms with E-state index < -0.39 is 0 Å². The molecule has 0 amide bonds. The molecule has 2 N–H and O–H groups in total. The monoisotopic (exact) mass is 306 g/mol. The van der Waals surface area contributed by atoms with Crippen molar-refractivity contribution in [1.82, 2.24) is 4.98 Å². The van der Waals surface area contributed by atoms with Crippen molar-refractivity contribution in [2.75, 3.05) is 36.0 Å². The van der Waals surface area contributed by atoms with Crippen LogP contribution in [-0.2, 0) is 0 Å². The Kier molecular flexibility index (Phi) is 4.07. The number of hydrogen-bond donors (Lipinski definition) is 1. The number of aromatic nitrogens is 1. The van der Waals surface area contributed by atoms with Gasteiger partial charge in [-0.25, -0.2) is 9.37 Å². The van der Waals surface area contributed by atoms with Crippen LogP contribution in [0.1, 0.15) is 18.7 Å². The molecule has 2 aromatic rings. The van der Waals surface area contributed by atoms with Gasteiger partial charge in [0.2, 0.25) is 0 Å². The minimum absolute atomic E-state index is 0.0181. The first-order chi connectivity index (χ1) is 10.1. The van der Waals surface area contributed by atoms with Gasteiger partial charge in [0.05, 0.1) is 5.69 Å². The molecule has 1 aromatic carbocycles. The van der Waals surface area contributed by atoms with E-state index >= 15 is 0 Å². The van der Waals surface area contributed by atoms with Crippen LogP contribution in [0.5, 0.6) is 0 Å². The SMILES string of the molecule is CC(N)c1csc(N2CCN(c3ccc(F)cc3)CC2)n1. The third-order valence-electron chi connectivity index (χ3n) is 3.72. The molecule has 21 heavy (non-hydrogen) atoms. The van der Waals surface area contributed by atoms with Gasteiger partial charge in [-0.3, -0.25) is 0 Å². The fourth-order valence-corrected chi connectivity index (χ4v) is 3.42. The Balaban J connectivity index is 1.63. The lowest BCUT2D eigenvalue weighted by Crippen LogP contribution is -2.46. The molecule has 1 aromatic heterocycles. The van der Waals surface area contributed by atoms with Crippen LogP contribution >= 0.6 is 11.3 Å². The van der Waals surface area contributed by atoms with Crippen LogP contribution in [0.25, 0.3) is 0 Å². The molecule has 3 rings (SSSR count). The van der Waals surface area contributed by atoms with Gasteiger partial charge in [-0.15, -0.1) is 11.3 Å². The Bertz CT molecular complexity index is 588. The van der Waals surface area contributed by atoms with Gasteiger partial charge in [0.25, 0.3) is 0 Å². The van der Waals surface area contributed by atoms with Gasteiger partial charge in [-0.05, 0) is 31.2 Å². The quantitative estimate of drug-likeness (QED) is 0.947. The summed E-state index contributed by atoms with van der Waals surface area (Å²) >= 11 is 1.65. The zero-order chi connectivity index (χ0) is 14.8. The van der Waals surface area contributed by atoms with Crippen LogP contribution in [0.2, 0.25) is 0 Å². The normalized spacial score (nSPS) is 17.1. The van der Waals surface area contributed by atoms with Crippen molar-refractivity contribution >= 4 is 22.2 Å². The lowest BCUT2D eigenvalue weighted by atomic mass is 10.2. The molecule has 0 aliphatic carbocycles. The first kappa shape index (κ1) is 14.3. The van der Waals surface area contributed by atoms with Crippen molar-refractivity contribution in [2.24, 2.45) is 5.73 Å². The summed E-state index contributed by atoms with van der Waals surface area (Å²) in [6.07, 6.45) is 0. The van der Waals surface area contributed by atoms with Gasteiger partial charge in [-0.1, -0.05) is 0 Å². The number of benzene rings is 1. The largest absolute Gasteiger partial charge is 0.368 e. The summed E-state index contributed by atoms with van der Waals surface area (Å²) < 4.78 is 13.0. The highest BCUT2D eigenvalue weighted by atomic mass is 32.1. The van der Waals surface area contributed by atoms with Gasteiger partial charge in [0.1, 0.15) is 5.82 Å². The number of piperazine rings is 1. The highest BCUT2D eigenvalue weighted by molar-refractivity contribution is 7.13. The molecular weight excluding hydrogens is 287 g/mol. The second-order valence-electron chi connectivity index (χ2n) is 5.29. The summed E-state index contributed by atoms with van der Waals surface area (Å²) in [7, 11) is 0. The fraction of sp³-hybridized carbons (Fsp3) is 0.400. The number of thiazole rings is 1. The van der Waals surface area contributed by atoms with Crippen molar-refractivity contribution in [2.45, 2.75) is 13.0 Å². The zero-order valence-corrected chi connectivity index (χ0v) is 12.8. The molecule has 1 saturated heterocycles. The lowest BCUT2D eigenvalue weighted by molar-refractivity contribution is 0.624. The third kappa shape index (κ3) is 3.16. The van der Waals surface area contributed by atoms with Crippen LogP contribution in [0.3, 0.4) is 0 Å². The van der Waals surface area contributed by atoms with Gasteiger partial charge in [-0.2, -0.15) is 0 Å². The van der Waals surface area contributed by atoms with Crippen LogP contribution in [-0.4, -0.2) is 31.2 Å². The van der Waals surface area contributed by atoms with E-state index in [1.807, 2.05) is 24.4 Å². The highest BCUT2D eigenvalue weighted by Gasteiger charge is 2.20. The van der Waals surface area contributed by atoms with E-state index in [0.717, 1.165) is 42.7 Å². The second kappa shape index (κ2) is 5.99. The van der Waals surface area contributed by atoms with E-state index in [1.165, 1.54) is 12.1 Å². The van der Waals surface area contributed by atoms with Crippen molar-refractivity contribution in [1.29, 1.82) is 0 Å². The summed E-state index contributed by atoms with van der Waals surface area (Å²) in [5.74, 6) is -0.191. The minimum atomic E-state index is -0.191. The molecule has 112 valence electrons. The smallest absolute Gasteiger partial charge is 0.185 e. The number of anilines is 2. The molecule has 0 spiro atoms. The lowest BCUT2D eigenvalue weighted by Gasteiger charge is -2.36. The summed E-state index contributed by atoms with van der Waals surface area (Å²) in [5.41, 5.74) is 7.88. The van der Waals surface area contributed by atoms with E-state index in [-0.39, 0.29) is 11.9 Å². The summed E-state index contributed by atoms with van der Waals surface area (Å²) in [6, 6.07) is 6.68. The summed E-state index contributed by atoms with van der Waals surface area (Å²) in [6.45, 7) is 5.62. The van der Waals surface area contributed by atoms with Crippen molar-refractivity contribution < 1.29 is 4.39 Å². The molecule has 6 heteroatoms. The Hall–Kier alpha value is -1.66. The van der Waals surface area contributed by atoms with Crippen molar-refractivity contribution in [3.8, 4) is 0 Å². The number of hydrogen-bond acceptors (Lipinski definition) is 5. The first-order valence-electron chi connectivity index (χ1n) is 7.10. The maximum absolute atomic E-state index is 13.0. The van der Waals surface area contributed by atoms with Crippen molar-refractivity contribution in [3.05, 3.63) is 41.2 Å². The number of nitrogens with two attached hydrogens (primary N) is 1. The predicted molar refractivity (Wildman–Crippen MR) is 85.5 cm³/mol. The molecule has 1 fully saturated rings. The van der Waals surface area contributed by atoms with E-state index in [1.54, 1.807) is 11.3 Å². The van der Waals surface area contributed by atoms with Crippen molar-refractivity contribution in [3.63, 3.8) is 0 Å². The topological polar surface area (TPSA) is 45.4 Å². The molecule has 1 atom stereocenters. The van der Waals surface area contributed by atoms with Crippen LogP contribution in [0.4, 0.5) is 15.2 Å². The average molecular weight is 306 g/mol. The molecule has 0 radical (unpaired) electrons. The van der Waals surface area contributed by atoms with E-state index in [9.17, 15) is 4.39 Å². The molecule has 0 bridgehead atoms. The Morgan fingerprint density at radius 1 is 1.14 bits per heavy atom. The number of nitrogens with zero attached hydrogens (tertiary/aromatic N) is 3. The highest BCUT2D eigenvalue weighted by Crippen LogP contribution is 2.25. The van der Waals surface area contributed by atoms with E-state index in [4.69, 9.17) is 5.73 Å². The predicted octanol–water partition coefficient (Wildman–Crippen LogP) is 2.63. The maximum atomic E-state index is 13.0. The zero-order valence-electron chi connectivity index (χ0n) is 12.0. The molecular formula is C15H19FN4S. The van der Waals surface area contributed by atoms with E-state index in [0.29, 0.717) is 0 Å². The van der Waals surface area contributed by atoms with Gasteiger partial charge < -0.3 is 15.5 Å². The second-order valence-corrected chi connectivity index (χ2v) is 6.13. The molecule has 1 aliphatic rings. The third-order valence-corrected chi connectivity index (χ3v) is 4.64. The number of halogens is 1.